The maximum atomic E-state index is 5.81. The highest BCUT2D eigenvalue weighted by atomic mass is 32.1. The second-order valence-electron chi connectivity index (χ2n) is 4.44. The van der Waals surface area contributed by atoms with Crippen LogP contribution in [0.3, 0.4) is 0 Å². The standard InChI is InChI=1S/C12H14N2S2/c1-7-2-3-15-11(7)12-14-10(6-16-12)8-4-9(13)5-8/h2-3,6,8-9H,4-5,13H2,1H3. The van der Waals surface area contributed by atoms with E-state index in [0.29, 0.717) is 12.0 Å². The molecule has 2 nitrogen and oxygen atoms in total. The number of rotatable bonds is 2. The molecule has 84 valence electrons. The van der Waals surface area contributed by atoms with Crippen molar-refractivity contribution in [2.24, 2.45) is 5.73 Å². The summed E-state index contributed by atoms with van der Waals surface area (Å²) in [4.78, 5) is 6.06. The van der Waals surface area contributed by atoms with E-state index in [1.165, 1.54) is 21.1 Å². The average molecular weight is 250 g/mol. The van der Waals surface area contributed by atoms with Crippen molar-refractivity contribution >= 4 is 22.7 Å². The predicted octanol–water partition coefficient (Wildman–Crippen LogP) is 3.38. The molecule has 3 rings (SSSR count). The van der Waals surface area contributed by atoms with Crippen molar-refractivity contribution in [1.82, 2.24) is 4.98 Å². The fraction of sp³-hybridized carbons (Fsp3) is 0.417. The van der Waals surface area contributed by atoms with Gasteiger partial charge in [0.05, 0.1) is 10.6 Å². The van der Waals surface area contributed by atoms with Crippen LogP contribution in [0.15, 0.2) is 16.8 Å². The minimum absolute atomic E-state index is 0.402. The number of thiophene rings is 1. The Hall–Kier alpha value is -0.710. The Morgan fingerprint density at radius 2 is 2.19 bits per heavy atom. The fourth-order valence-corrected chi connectivity index (χ4v) is 4.07. The minimum atomic E-state index is 0.402. The smallest absolute Gasteiger partial charge is 0.133 e. The molecular formula is C12H14N2S2. The van der Waals surface area contributed by atoms with Crippen LogP contribution in [0.25, 0.3) is 9.88 Å². The van der Waals surface area contributed by atoms with Gasteiger partial charge in [-0.15, -0.1) is 22.7 Å². The van der Waals surface area contributed by atoms with Crippen LogP contribution in [0, 0.1) is 6.92 Å². The van der Waals surface area contributed by atoms with Gasteiger partial charge >= 0.3 is 0 Å². The second-order valence-corrected chi connectivity index (χ2v) is 6.21. The summed E-state index contributed by atoms with van der Waals surface area (Å²) in [6.07, 6.45) is 2.21. The first-order valence-electron chi connectivity index (χ1n) is 5.49. The summed E-state index contributed by atoms with van der Waals surface area (Å²) in [6, 6.07) is 2.55. The van der Waals surface area contributed by atoms with E-state index in [9.17, 15) is 0 Å². The number of nitrogens with two attached hydrogens (primary N) is 1. The van der Waals surface area contributed by atoms with E-state index in [0.717, 1.165) is 12.8 Å². The van der Waals surface area contributed by atoms with Crippen LogP contribution in [0.5, 0.6) is 0 Å². The lowest BCUT2D eigenvalue weighted by molar-refractivity contribution is 0.346. The molecule has 0 spiro atoms. The van der Waals surface area contributed by atoms with Gasteiger partial charge in [-0.05, 0) is 36.8 Å². The van der Waals surface area contributed by atoms with E-state index in [-0.39, 0.29) is 0 Å². The molecule has 4 heteroatoms. The van der Waals surface area contributed by atoms with Gasteiger partial charge in [-0.2, -0.15) is 0 Å². The van der Waals surface area contributed by atoms with Gasteiger partial charge in [0.2, 0.25) is 0 Å². The maximum absolute atomic E-state index is 5.81. The van der Waals surface area contributed by atoms with Gasteiger partial charge in [0, 0.05) is 17.3 Å². The quantitative estimate of drug-likeness (QED) is 0.887. The van der Waals surface area contributed by atoms with Gasteiger partial charge in [-0.25, -0.2) is 4.98 Å². The molecule has 1 fully saturated rings. The van der Waals surface area contributed by atoms with Gasteiger partial charge in [0.1, 0.15) is 5.01 Å². The molecular weight excluding hydrogens is 236 g/mol. The van der Waals surface area contributed by atoms with Crippen LogP contribution >= 0.6 is 22.7 Å². The molecule has 2 aromatic rings. The van der Waals surface area contributed by atoms with Crippen LogP contribution in [0.2, 0.25) is 0 Å². The van der Waals surface area contributed by atoms with E-state index >= 15 is 0 Å². The molecule has 1 saturated carbocycles. The average Bonchev–Trinajstić information content (AvgIpc) is 2.81. The number of hydrogen-bond acceptors (Lipinski definition) is 4. The largest absolute Gasteiger partial charge is 0.328 e. The van der Waals surface area contributed by atoms with Crippen molar-refractivity contribution in [3.05, 3.63) is 28.1 Å². The van der Waals surface area contributed by atoms with Gasteiger partial charge in [-0.1, -0.05) is 0 Å². The van der Waals surface area contributed by atoms with Crippen molar-refractivity contribution in [3.8, 4) is 9.88 Å². The highest BCUT2D eigenvalue weighted by Gasteiger charge is 2.29. The molecule has 0 radical (unpaired) electrons. The first-order chi connectivity index (χ1) is 7.74. The Balaban J connectivity index is 1.86. The van der Waals surface area contributed by atoms with E-state index < -0.39 is 0 Å². The summed E-state index contributed by atoms with van der Waals surface area (Å²) < 4.78 is 0. The summed E-state index contributed by atoms with van der Waals surface area (Å²) in [5.41, 5.74) is 8.38. The van der Waals surface area contributed by atoms with Crippen molar-refractivity contribution < 1.29 is 0 Å². The number of thiazole rings is 1. The minimum Gasteiger partial charge on any atom is -0.328 e. The fourth-order valence-electron chi connectivity index (χ4n) is 2.07. The lowest BCUT2D eigenvalue weighted by Gasteiger charge is -2.30. The monoisotopic (exact) mass is 250 g/mol. The number of aryl methyl sites for hydroxylation is 1. The van der Waals surface area contributed by atoms with Crippen molar-refractivity contribution in [1.29, 1.82) is 0 Å². The topological polar surface area (TPSA) is 38.9 Å². The molecule has 0 aliphatic heterocycles. The van der Waals surface area contributed by atoms with Crippen LogP contribution in [0.1, 0.15) is 30.0 Å². The summed E-state index contributed by atoms with van der Waals surface area (Å²) in [7, 11) is 0. The highest BCUT2D eigenvalue weighted by Crippen LogP contribution is 2.39. The first-order valence-corrected chi connectivity index (χ1v) is 7.25. The molecule has 0 aromatic carbocycles. The van der Waals surface area contributed by atoms with Crippen LogP contribution in [0.4, 0.5) is 0 Å². The van der Waals surface area contributed by atoms with Gasteiger partial charge < -0.3 is 5.73 Å². The molecule has 16 heavy (non-hydrogen) atoms. The van der Waals surface area contributed by atoms with Gasteiger partial charge in [0.15, 0.2) is 0 Å². The van der Waals surface area contributed by atoms with Crippen molar-refractivity contribution in [2.45, 2.75) is 31.7 Å². The van der Waals surface area contributed by atoms with Crippen molar-refractivity contribution in [3.63, 3.8) is 0 Å². The summed E-state index contributed by atoms with van der Waals surface area (Å²) >= 11 is 3.54. The molecule has 0 bridgehead atoms. The summed E-state index contributed by atoms with van der Waals surface area (Å²) in [6.45, 7) is 2.15. The Bertz CT molecular complexity index is 495. The number of nitrogens with zero attached hydrogens (tertiary/aromatic N) is 1. The summed E-state index contributed by atoms with van der Waals surface area (Å²) in [5, 5.41) is 5.50. The van der Waals surface area contributed by atoms with E-state index in [4.69, 9.17) is 10.7 Å². The number of hydrogen-bond donors (Lipinski definition) is 1. The van der Waals surface area contributed by atoms with Crippen molar-refractivity contribution in [2.75, 3.05) is 0 Å². The summed E-state index contributed by atoms with van der Waals surface area (Å²) in [5.74, 6) is 0.611. The zero-order valence-electron chi connectivity index (χ0n) is 9.14. The van der Waals surface area contributed by atoms with E-state index in [1.807, 2.05) is 0 Å². The Kier molecular flexibility index (Phi) is 2.58. The molecule has 2 heterocycles. The van der Waals surface area contributed by atoms with Crippen LogP contribution < -0.4 is 5.73 Å². The molecule has 0 saturated heterocycles. The Labute approximate surface area is 103 Å². The zero-order valence-corrected chi connectivity index (χ0v) is 10.8. The third-order valence-corrected chi connectivity index (χ3v) is 5.20. The lowest BCUT2D eigenvalue weighted by Crippen LogP contribution is -2.34. The van der Waals surface area contributed by atoms with E-state index in [1.54, 1.807) is 22.7 Å². The highest BCUT2D eigenvalue weighted by molar-refractivity contribution is 7.20. The predicted molar refractivity (Wildman–Crippen MR) is 70.1 cm³/mol. The Morgan fingerprint density at radius 1 is 1.38 bits per heavy atom. The van der Waals surface area contributed by atoms with Crippen LogP contribution in [-0.2, 0) is 0 Å². The molecule has 0 amide bonds. The zero-order chi connectivity index (χ0) is 11.1. The van der Waals surface area contributed by atoms with Gasteiger partial charge in [0.25, 0.3) is 0 Å². The molecule has 0 unspecified atom stereocenters. The molecule has 0 atom stereocenters. The third kappa shape index (κ3) is 1.71. The second kappa shape index (κ2) is 3.95. The number of aromatic nitrogens is 1. The maximum Gasteiger partial charge on any atom is 0.133 e. The first kappa shape index (κ1) is 10.4. The molecule has 2 aromatic heterocycles. The molecule has 1 aliphatic rings. The SMILES string of the molecule is Cc1ccsc1-c1nc(C2CC(N)C2)cs1. The lowest BCUT2D eigenvalue weighted by atomic mass is 9.79. The van der Waals surface area contributed by atoms with E-state index in [2.05, 4.69) is 23.8 Å². The molecule has 1 aliphatic carbocycles. The molecule has 2 N–H and O–H groups in total. The Morgan fingerprint density at radius 3 is 2.81 bits per heavy atom. The van der Waals surface area contributed by atoms with Crippen LogP contribution in [-0.4, -0.2) is 11.0 Å². The third-order valence-electron chi connectivity index (χ3n) is 3.17. The van der Waals surface area contributed by atoms with Gasteiger partial charge in [-0.3, -0.25) is 0 Å². The normalized spacial score (nSPS) is 24.4.